The summed E-state index contributed by atoms with van der Waals surface area (Å²) in [7, 11) is 0. The Bertz CT molecular complexity index is 674. The summed E-state index contributed by atoms with van der Waals surface area (Å²) in [6, 6.07) is 10.1. The van der Waals surface area contributed by atoms with Gasteiger partial charge in [0, 0.05) is 5.92 Å². The molecule has 5 nitrogen and oxygen atoms in total. The first-order chi connectivity index (χ1) is 8.75. The summed E-state index contributed by atoms with van der Waals surface area (Å²) >= 11 is 0. The van der Waals surface area contributed by atoms with E-state index in [1.54, 1.807) is 6.33 Å². The first kappa shape index (κ1) is 10.7. The number of imidazole rings is 1. The van der Waals surface area contributed by atoms with Crippen molar-refractivity contribution < 1.29 is 0 Å². The van der Waals surface area contributed by atoms with Crippen molar-refractivity contribution in [1.29, 1.82) is 0 Å². The van der Waals surface area contributed by atoms with Gasteiger partial charge in [-0.05, 0) is 5.56 Å². The number of anilines is 1. The highest BCUT2D eigenvalue weighted by Gasteiger charge is 2.14. The molecule has 3 rings (SSSR count). The van der Waals surface area contributed by atoms with Gasteiger partial charge in [-0.25, -0.2) is 15.0 Å². The van der Waals surface area contributed by atoms with Crippen LogP contribution in [0.5, 0.6) is 0 Å². The van der Waals surface area contributed by atoms with Gasteiger partial charge < -0.3 is 10.7 Å². The van der Waals surface area contributed by atoms with Gasteiger partial charge in [0.25, 0.3) is 0 Å². The lowest BCUT2D eigenvalue weighted by Gasteiger charge is -2.10. The number of hydrogen-bond donors (Lipinski definition) is 2. The molecule has 18 heavy (non-hydrogen) atoms. The predicted octanol–water partition coefficient (Wildman–Crippen LogP) is 2.09. The van der Waals surface area contributed by atoms with Gasteiger partial charge in [0.05, 0.1) is 6.33 Å². The third kappa shape index (κ3) is 1.69. The van der Waals surface area contributed by atoms with Crippen LogP contribution in [-0.4, -0.2) is 19.9 Å². The molecule has 1 atom stereocenters. The maximum atomic E-state index is 5.89. The van der Waals surface area contributed by atoms with E-state index in [0.29, 0.717) is 22.8 Å². The lowest BCUT2D eigenvalue weighted by atomic mass is 10.0. The Labute approximate surface area is 104 Å². The largest absolute Gasteiger partial charge is 0.382 e. The summed E-state index contributed by atoms with van der Waals surface area (Å²) < 4.78 is 0. The number of H-pyrrole nitrogens is 1. The van der Waals surface area contributed by atoms with Gasteiger partial charge in [0.1, 0.15) is 11.3 Å². The van der Waals surface area contributed by atoms with Gasteiger partial charge >= 0.3 is 0 Å². The molecule has 0 radical (unpaired) electrons. The Balaban J connectivity index is 2.09. The topological polar surface area (TPSA) is 80.5 Å². The molecule has 1 aromatic carbocycles. The highest BCUT2D eigenvalue weighted by atomic mass is 15.0. The van der Waals surface area contributed by atoms with E-state index in [4.69, 9.17) is 5.73 Å². The molecular weight excluding hydrogens is 226 g/mol. The highest BCUT2D eigenvalue weighted by Crippen LogP contribution is 2.23. The molecule has 2 heterocycles. The van der Waals surface area contributed by atoms with Crippen LogP contribution in [0.1, 0.15) is 24.2 Å². The van der Waals surface area contributed by atoms with Crippen LogP contribution in [0.3, 0.4) is 0 Å². The van der Waals surface area contributed by atoms with E-state index in [2.05, 4.69) is 39.0 Å². The Morgan fingerprint density at radius 2 is 1.94 bits per heavy atom. The fourth-order valence-electron chi connectivity index (χ4n) is 1.96. The highest BCUT2D eigenvalue weighted by molar-refractivity contribution is 5.80. The van der Waals surface area contributed by atoms with E-state index >= 15 is 0 Å². The van der Waals surface area contributed by atoms with Crippen molar-refractivity contribution in [2.75, 3.05) is 5.73 Å². The standard InChI is InChI=1S/C13H13N5/c1-8(9-5-3-2-4-6-9)12-17-11(14)10-13(18-12)16-7-15-10/h2-8H,1H3,(H3,14,15,16,17,18). The van der Waals surface area contributed by atoms with Gasteiger partial charge in [0.2, 0.25) is 0 Å². The van der Waals surface area contributed by atoms with E-state index in [-0.39, 0.29) is 5.92 Å². The van der Waals surface area contributed by atoms with Crippen molar-refractivity contribution >= 4 is 17.0 Å². The fraction of sp³-hybridized carbons (Fsp3) is 0.154. The number of nitrogens with zero attached hydrogens (tertiary/aromatic N) is 3. The molecule has 3 N–H and O–H groups in total. The molecule has 3 aromatic rings. The zero-order valence-corrected chi connectivity index (χ0v) is 9.96. The zero-order valence-electron chi connectivity index (χ0n) is 9.96. The maximum Gasteiger partial charge on any atom is 0.183 e. The number of nitrogen functional groups attached to an aromatic ring is 1. The summed E-state index contributed by atoms with van der Waals surface area (Å²) in [6.07, 6.45) is 1.58. The van der Waals surface area contributed by atoms with Crippen LogP contribution in [0.15, 0.2) is 36.7 Å². The molecule has 0 aliphatic carbocycles. The summed E-state index contributed by atoms with van der Waals surface area (Å²) in [5, 5.41) is 0. The molecule has 0 amide bonds. The first-order valence-corrected chi connectivity index (χ1v) is 5.77. The monoisotopic (exact) mass is 239 g/mol. The molecular formula is C13H13N5. The van der Waals surface area contributed by atoms with Crippen LogP contribution >= 0.6 is 0 Å². The van der Waals surface area contributed by atoms with Crippen molar-refractivity contribution in [1.82, 2.24) is 19.9 Å². The number of benzene rings is 1. The van der Waals surface area contributed by atoms with Crippen LogP contribution in [0.2, 0.25) is 0 Å². The molecule has 5 heteroatoms. The van der Waals surface area contributed by atoms with Gasteiger partial charge in [-0.3, -0.25) is 0 Å². The quantitative estimate of drug-likeness (QED) is 0.717. The Morgan fingerprint density at radius 3 is 2.72 bits per heavy atom. The van der Waals surface area contributed by atoms with Gasteiger partial charge in [-0.2, -0.15) is 0 Å². The molecule has 0 aliphatic heterocycles. The lowest BCUT2D eigenvalue weighted by molar-refractivity contribution is 0.827. The van der Waals surface area contributed by atoms with E-state index < -0.39 is 0 Å². The first-order valence-electron chi connectivity index (χ1n) is 5.77. The van der Waals surface area contributed by atoms with Crippen molar-refractivity contribution in [2.45, 2.75) is 12.8 Å². The maximum absolute atomic E-state index is 5.89. The molecule has 90 valence electrons. The SMILES string of the molecule is CC(c1ccccc1)c1nc(N)c2[nH]cnc2n1. The number of nitrogens with one attached hydrogen (secondary N) is 1. The summed E-state index contributed by atoms with van der Waals surface area (Å²) in [6.45, 7) is 2.06. The van der Waals surface area contributed by atoms with E-state index in [1.165, 1.54) is 0 Å². The van der Waals surface area contributed by atoms with Gasteiger partial charge in [-0.1, -0.05) is 37.3 Å². The molecule has 0 saturated heterocycles. The molecule has 0 saturated carbocycles. The van der Waals surface area contributed by atoms with Crippen molar-refractivity contribution in [3.8, 4) is 0 Å². The second-order valence-corrected chi connectivity index (χ2v) is 4.20. The normalized spacial score (nSPS) is 12.7. The second kappa shape index (κ2) is 4.10. The molecule has 0 bridgehead atoms. The fourth-order valence-corrected chi connectivity index (χ4v) is 1.96. The number of hydrogen-bond acceptors (Lipinski definition) is 4. The van der Waals surface area contributed by atoms with Gasteiger partial charge in [-0.15, -0.1) is 0 Å². The summed E-state index contributed by atoms with van der Waals surface area (Å²) in [4.78, 5) is 15.8. The third-order valence-corrected chi connectivity index (χ3v) is 3.02. The molecule has 0 spiro atoms. The van der Waals surface area contributed by atoms with Crippen molar-refractivity contribution in [3.63, 3.8) is 0 Å². The van der Waals surface area contributed by atoms with Crippen LogP contribution in [0, 0.1) is 0 Å². The van der Waals surface area contributed by atoms with Crippen LogP contribution in [0.4, 0.5) is 5.82 Å². The van der Waals surface area contributed by atoms with E-state index in [9.17, 15) is 0 Å². The van der Waals surface area contributed by atoms with Crippen LogP contribution < -0.4 is 5.73 Å². The van der Waals surface area contributed by atoms with Gasteiger partial charge in [0.15, 0.2) is 11.5 Å². The average molecular weight is 239 g/mol. The molecule has 1 unspecified atom stereocenters. The zero-order chi connectivity index (χ0) is 12.5. The number of fused-ring (bicyclic) bond motifs is 1. The predicted molar refractivity (Wildman–Crippen MR) is 70.1 cm³/mol. The second-order valence-electron chi connectivity index (χ2n) is 4.20. The van der Waals surface area contributed by atoms with Crippen molar-refractivity contribution in [2.24, 2.45) is 0 Å². The molecule has 2 aromatic heterocycles. The van der Waals surface area contributed by atoms with E-state index in [1.807, 2.05) is 18.2 Å². The number of aromatic amines is 1. The summed E-state index contributed by atoms with van der Waals surface area (Å²) in [5.41, 5.74) is 8.36. The Morgan fingerprint density at radius 1 is 1.17 bits per heavy atom. The minimum Gasteiger partial charge on any atom is -0.382 e. The van der Waals surface area contributed by atoms with E-state index in [0.717, 1.165) is 5.56 Å². The van der Waals surface area contributed by atoms with Crippen LogP contribution in [-0.2, 0) is 0 Å². The number of aromatic nitrogens is 4. The van der Waals surface area contributed by atoms with Crippen molar-refractivity contribution in [3.05, 3.63) is 48.0 Å². The number of nitrogens with two attached hydrogens (primary N) is 1. The number of rotatable bonds is 2. The smallest absolute Gasteiger partial charge is 0.183 e. The Hall–Kier alpha value is -2.43. The van der Waals surface area contributed by atoms with Crippen LogP contribution in [0.25, 0.3) is 11.2 Å². The summed E-state index contributed by atoms with van der Waals surface area (Å²) in [5.74, 6) is 1.23. The average Bonchev–Trinajstić information content (AvgIpc) is 2.88. The molecule has 0 aliphatic rings. The minimum atomic E-state index is 0.0922. The lowest BCUT2D eigenvalue weighted by Crippen LogP contribution is -2.05. The Kier molecular flexibility index (Phi) is 2.44. The molecule has 0 fully saturated rings. The third-order valence-electron chi connectivity index (χ3n) is 3.02. The minimum absolute atomic E-state index is 0.0922.